The number of anilines is 2. The molecule has 9 rings (SSSR count). The summed E-state index contributed by atoms with van der Waals surface area (Å²) in [5.41, 5.74) is 16.9. The first-order valence-corrected chi connectivity index (χ1v) is 44.3. The lowest BCUT2D eigenvalue weighted by Crippen LogP contribution is -2.61. The Morgan fingerprint density at radius 1 is 0.677 bits per heavy atom. The van der Waals surface area contributed by atoms with E-state index in [4.69, 9.17) is 92.0 Å². The molecular formula is C90H134N12O25. The lowest BCUT2D eigenvalue weighted by atomic mass is 9.78. The first-order chi connectivity index (χ1) is 61.3. The second-order valence-electron chi connectivity index (χ2n) is 33.0. The molecule has 127 heavy (non-hydrogen) atoms. The van der Waals surface area contributed by atoms with Gasteiger partial charge in [0.15, 0.2) is 17.0 Å². The number of methoxy groups -OCH3 is 3. The van der Waals surface area contributed by atoms with Gasteiger partial charge in [-0.25, -0.2) is 34.2 Å². The average molecular weight is 1780 g/mol. The van der Waals surface area contributed by atoms with Crippen LogP contribution in [0.1, 0.15) is 142 Å². The number of cyclic esters (lactones) is 1. The van der Waals surface area contributed by atoms with Crippen LogP contribution in [0.3, 0.4) is 0 Å². The molecule has 9 N–H and O–H groups in total. The van der Waals surface area contributed by atoms with Crippen molar-refractivity contribution in [3.05, 3.63) is 95.9 Å². The van der Waals surface area contributed by atoms with Crippen molar-refractivity contribution >= 4 is 69.4 Å². The second kappa shape index (κ2) is 53.4. The van der Waals surface area contributed by atoms with Crippen molar-refractivity contribution in [1.82, 2.24) is 50.2 Å². The normalized spacial score (nSPS) is 27.0. The van der Waals surface area contributed by atoms with Crippen LogP contribution in [0, 0.1) is 35.5 Å². The first-order valence-electron chi connectivity index (χ1n) is 44.3. The van der Waals surface area contributed by atoms with Gasteiger partial charge in [0.25, 0.3) is 23.6 Å². The molecule has 2 saturated heterocycles. The summed E-state index contributed by atoms with van der Waals surface area (Å²) in [6.45, 7) is 20.0. The maximum atomic E-state index is 14.8. The van der Waals surface area contributed by atoms with E-state index >= 15 is 0 Å². The number of oxazole rings is 1. The molecule has 1 aliphatic carbocycles. The van der Waals surface area contributed by atoms with Gasteiger partial charge < -0.3 is 118 Å². The van der Waals surface area contributed by atoms with Gasteiger partial charge in [0, 0.05) is 95.1 Å². The van der Waals surface area contributed by atoms with Crippen molar-refractivity contribution in [2.45, 2.75) is 193 Å². The number of rotatable bonds is 41. The summed E-state index contributed by atoms with van der Waals surface area (Å²) in [7, 11) is 4.52. The number of aliphatic hydroxyl groups is 3. The molecule has 704 valence electrons. The minimum atomic E-state index is -2.47. The molecule has 37 heteroatoms. The Morgan fingerprint density at radius 2 is 1.30 bits per heavy atom. The number of carbonyl (C=O) groups is 6. The van der Waals surface area contributed by atoms with Crippen LogP contribution < -0.4 is 22.1 Å². The number of piperidine rings is 1. The van der Waals surface area contributed by atoms with E-state index in [9.17, 15) is 44.1 Å². The number of aromatic nitrogens is 7. The Bertz CT molecular complexity index is 4360. The Hall–Kier alpha value is -8.74. The quantitative estimate of drug-likeness (QED) is 0.00877. The van der Waals surface area contributed by atoms with E-state index < -0.39 is 108 Å². The minimum Gasteiger partial charge on any atom is -0.460 e. The lowest BCUT2D eigenvalue weighted by molar-refractivity contribution is -0.265. The van der Waals surface area contributed by atoms with Gasteiger partial charge in [-0.2, -0.15) is 10.1 Å². The summed E-state index contributed by atoms with van der Waals surface area (Å²) in [5.74, 6) is -8.12. The van der Waals surface area contributed by atoms with E-state index in [1.54, 1.807) is 70.3 Å². The number of fused-ring (bicyclic) bond motifs is 5. The number of nitrogens with zero attached hydrogens (tertiary/aromatic N) is 8. The van der Waals surface area contributed by atoms with Gasteiger partial charge in [0.1, 0.15) is 53.8 Å². The number of nitrogens with two attached hydrogens (primary N) is 2. The molecule has 1 saturated carbocycles. The molecule has 0 radical (unpaired) electrons. The number of hydrogen-bond acceptors (Lipinski definition) is 33. The summed E-state index contributed by atoms with van der Waals surface area (Å²) in [6, 6.07) is 4.25. The fourth-order valence-electron chi connectivity index (χ4n) is 16.1. The molecule has 16 atom stereocenters. The van der Waals surface area contributed by atoms with Crippen LogP contribution in [-0.2, 0) is 96.8 Å². The molecule has 3 amide bonds. The van der Waals surface area contributed by atoms with Crippen LogP contribution in [0.25, 0.3) is 33.4 Å². The highest BCUT2D eigenvalue weighted by Crippen LogP contribution is 2.40. The number of hydrogen-bond donors (Lipinski definition) is 7. The average Bonchev–Trinajstić information content (AvgIpc) is 1.55. The smallest absolute Gasteiger partial charge is 0.407 e. The van der Waals surface area contributed by atoms with Crippen LogP contribution in [-0.4, -0.2) is 311 Å². The Labute approximate surface area is 742 Å². The van der Waals surface area contributed by atoms with Crippen LogP contribution >= 0.6 is 0 Å². The Morgan fingerprint density at radius 3 is 1.91 bits per heavy atom. The minimum absolute atomic E-state index is 0.00312. The van der Waals surface area contributed by atoms with E-state index in [-0.39, 0.29) is 99.8 Å². The highest BCUT2D eigenvalue weighted by atomic mass is 16.6. The molecular weight excluding hydrogens is 1650 g/mol. The lowest BCUT2D eigenvalue weighted by Gasteiger charge is -2.43. The predicted molar refractivity (Wildman–Crippen MR) is 466 cm³/mol. The van der Waals surface area contributed by atoms with Crippen LogP contribution in [0.5, 0.6) is 0 Å². The molecule has 3 fully saturated rings. The van der Waals surface area contributed by atoms with Crippen LogP contribution in [0.15, 0.2) is 88.9 Å². The van der Waals surface area contributed by atoms with Crippen LogP contribution in [0.4, 0.5) is 16.6 Å². The molecule has 3 aliphatic heterocycles. The van der Waals surface area contributed by atoms with E-state index in [1.807, 2.05) is 64.1 Å². The number of nitrogen functional groups attached to an aromatic ring is 2. The standard InChI is InChI=1S/C90H134N12O25/c1-57-16-12-11-13-17-58(2)73(112-8)51-67-22-19-63(7)90(111,127-67)81(106)86(108)101-27-15-14-18-69(101)87(109)124-74(52-70(103)59(3)47-62(6)79(105)80(114-10)78(104)61(5)46-57)60(4)48-64-20-23-72(75(49-64)113-9)126-89(110)94-26-29-116-31-33-118-35-37-120-39-41-122-43-45-123-44-42-121-40-38-119-36-34-117-32-30-115-28-25-93-85(107)83-95-53-65(54-96-83)55-102-84-76(82(91)97-56-98-84)77(100-102)66-21-24-71-68(50-66)99-88(92)125-71/h11-13,16-17,21,24,47,50,53-54,56-57,59-61,63-64,67,69-70,72-75,79-80,103,105,111H,14-15,18-20,22-23,25-46,48-49,51-52,55H2,1-10H3,(H2,92,99)(H,93,107)(H,94,110)(H2,91,97,98)/b13-11+,16-12+,58-17+,62-47+/t57-,59-,60-,61-,63-,64+,67+,69+,70-,72-,73+,74+,75-,79-,80+,90-/m1/s1. The maximum Gasteiger partial charge on any atom is 0.407 e. The number of ketones is 2. The Kier molecular flexibility index (Phi) is 42.9. The SMILES string of the molecule is CO[C@H]1C[C@@H]2CC[C@@H](C)[C@@](O)(O2)C(=O)C(=O)N2CCCC[C@H]2C(=O)O[C@H]([C@H](C)C[C@@H]2CC[C@@H](OC(=O)NCCOCCOCCOCCOCCOCCOCCOCCOCCOCCNC(=O)c3ncc(Cn4nc(-c5ccc6oc(N)nc6c5)c5c(N)ncnc54)cn3)[C@H](OC)C2)C[C@@H](O)[C@H](C)/C=C(\C)[C@@H](O)[C@@H](OC)C(=O)[C@H](C)C[C@H](C)/C=C/C=C/C=C/1C. The highest BCUT2D eigenvalue weighted by Gasteiger charge is 2.53. The van der Waals surface area contributed by atoms with Crippen molar-refractivity contribution in [3.8, 4) is 11.3 Å². The molecule has 7 heterocycles. The van der Waals surface area contributed by atoms with Crippen molar-refractivity contribution in [1.29, 1.82) is 0 Å². The fraction of sp³-hybridized carbons (Fsp3) is 0.667. The number of aliphatic hydroxyl groups excluding tert-OH is 2. The molecule has 0 spiro atoms. The number of allylic oxidation sites excluding steroid dienone is 5. The number of alkyl carbamates (subject to hydrolysis) is 1. The maximum absolute atomic E-state index is 14.8. The van der Waals surface area contributed by atoms with Gasteiger partial charge in [-0.1, -0.05) is 71.1 Å². The molecule has 0 unspecified atom stereocenters. The van der Waals surface area contributed by atoms with E-state index in [0.717, 1.165) is 11.1 Å². The number of amides is 3. The van der Waals surface area contributed by atoms with Crippen molar-refractivity contribution in [3.63, 3.8) is 0 Å². The number of carbonyl (C=O) groups excluding carboxylic acids is 6. The van der Waals surface area contributed by atoms with Gasteiger partial charge in [0.2, 0.25) is 11.6 Å². The predicted octanol–water partition coefficient (Wildman–Crippen LogP) is 7.24. The second-order valence-corrected chi connectivity index (χ2v) is 33.0. The van der Waals surface area contributed by atoms with Crippen molar-refractivity contribution < 1.29 is 120 Å². The first kappa shape index (κ1) is 102. The molecule has 4 aromatic heterocycles. The van der Waals surface area contributed by atoms with E-state index in [0.29, 0.717) is 202 Å². The Balaban J connectivity index is 0.583. The monoisotopic (exact) mass is 1780 g/mol. The summed E-state index contributed by atoms with van der Waals surface area (Å²) < 4.78 is 93.5. The zero-order valence-corrected chi connectivity index (χ0v) is 75.2. The summed E-state index contributed by atoms with van der Waals surface area (Å²) in [6.07, 6.45) is 13.4. The molecule has 5 aromatic rings. The summed E-state index contributed by atoms with van der Waals surface area (Å²) in [5, 5.41) is 46.8. The van der Waals surface area contributed by atoms with Gasteiger partial charge in [-0.05, 0) is 125 Å². The zero-order valence-electron chi connectivity index (χ0n) is 75.2. The van der Waals surface area contributed by atoms with Gasteiger partial charge in [-0.15, -0.1) is 0 Å². The molecule has 37 nitrogen and oxygen atoms in total. The number of esters is 1. The molecule has 2 bridgehead atoms. The van der Waals surface area contributed by atoms with Crippen molar-refractivity contribution in [2.24, 2.45) is 35.5 Å². The third-order valence-corrected chi connectivity index (χ3v) is 23.4. The van der Waals surface area contributed by atoms with Gasteiger partial charge in [-0.3, -0.25) is 19.2 Å². The van der Waals surface area contributed by atoms with E-state index in [2.05, 4.69) is 35.6 Å². The molecule has 4 aliphatic rings. The fourth-order valence-corrected chi connectivity index (χ4v) is 16.1. The third-order valence-electron chi connectivity index (χ3n) is 23.4. The topological polar surface area (TPSA) is 476 Å². The number of Topliss-reactive ketones (excluding diaryl/α,β-unsaturated/α-hetero) is 2. The van der Waals surface area contributed by atoms with Crippen molar-refractivity contribution in [2.75, 3.05) is 171 Å². The summed E-state index contributed by atoms with van der Waals surface area (Å²) in [4.78, 5) is 106. The number of benzene rings is 1. The zero-order chi connectivity index (χ0) is 91.2. The number of nitrogens with one attached hydrogen (secondary N) is 2. The number of ether oxygens (including phenoxy) is 15. The van der Waals surface area contributed by atoms with Gasteiger partial charge in [0.05, 0.1) is 155 Å². The van der Waals surface area contributed by atoms with E-state index in [1.165, 1.54) is 18.3 Å². The largest absolute Gasteiger partial charge is 0.460 e. The third kappa shape index (κ3) is 31.5. The van der Waals surface area contributed by atoms with Gasteiger partial charge >= 0.3 is 12.1 Å². The molecule has 1 aromatic carbocycles. The van der Waals surface area contributed by atoms with Crippen LogP contribution in [0.2, 0.25) is 0 Å². The summed E-state index contributed by atoms with van der Waals surface area (Å²) >= 11 is 0. The highest BCUT2D eigenvalue weighted by molar-refractivity contribution is 6.39.